The molecule has 1 N–H and O–H groups in total. The summed E-state index contributed by atoms with van der Waals surface area (Å²) in [6.07, 6.45) is 3.32. The summed E-state index contributed by atoms with van der Waals surface area (Å²) in [5.74, 6) is 0.751. The quantitative estimate of drug-likeness (QED) is 0.775. The lowest BCUT2D eigenvalue weighted by molar-refractivity contribution is 0.304. The smallest absolute Gasteiger partial charge is 0.240 e. The first-order chi connectivity index (χ1) is 8.51. The van der Waals surface area contributed by atoms with Gasteiger partial charge >= 0.3 is 0 Å². The minimum atomic E-state index is -3.37. The van der Waals surface area contributed by atoms with Crippen molar-refractivity contribution < 1.29 is 13.2 Å². The molecule has 0 aliphatic heterocycles. The molecule has 0 aromatic heterocycles. The van der Waals surface area contributed by atoms with Gasteiger partial charge in [0, 0.05) is 0 Å². The molecule has 0 saturated carbocycles. The Kier molecular flexibility index (Phi) is 5.62. The molecular formula is C13H21NO3S. The van der Waals surface area contributed by atoms with Crippen LogP contribution in [0.3, 0.4) is 0 Å². The number of aryl methyl sites for hydroxylation is 1. The van der Waals surface area contributed by atoms with E-state index in [9.17, 15) is 8.42 Å². The maximum atomic E-state index is 11.6. The topological polar surface area (TPSA) is 55.4 Å². The highest BCUT2D eigenvalue weighted by molar-refractivity contribution is 7.89. The second-order valence-electron chi connectivity index (χ2n) is 4.19. The second kappa shape index (κ2) is 6.75. The highest BCUT2D eigenvalue weighted by Gasteiger charge is 2.12. The number of ether oxygens (including phenoxy) is 1. The van der Waals surface area contributed by atoms with Gasteiger partial charge in [-0.25, -0.2) is 13.1 Å². The van der Waals surface area contributed by atoms with Crippen LogP contribution in [-0.4, -0.2) is 22.1 Å². The van der Waals surface area contributed by atoms with Gasteiger partial charge in [0.25, 0.3) is 0 Å². The van der Waals surface area contributed by atoms with Crippen LogP contribution in [0.2, 0.25) is 0 Å². The van der Waals surface area contributed by atoms with Crippen LogP contribution in [0.15, 0.2) is 23.1 Å². The molecule has 0 heterocycles. The Morgan fingerprint density at radius 1 is 1.28 bits per heavy atom. The zero-order chi connectivity index (χ0) is 13.6. The largest absolute Gasteiger partial charge is 0.493 e. The summed E-state index contributed by atoms with van der Waals surface area (Å²) in [5, 5.41) is 0. The average Bonchev–Trinajstić information content (AvgIpc) is 2.36. The van der Waals surface area contributed by atoms with Gasteiger partial charge in [0.05, 0.1) is 11.5 Å². The number of rotatable bonds is 7. The van der Waals surface area contributed by atoms with Gasteiger partial charge in [-0.1, -0.05) is 19.8 Å². The molecule has 0 bridgehead atoms. The Morgan fingerprint density at radius 3 is 2.56 bits per heavy atom. The van der Waals surface area contributed by atoms with E-state index in [-0.39, 0.29) is 4.90 Å². The van der Waals surface area contributed by atoms with Crippen LogP contribution in [0, 0.1) is 6.92 Å². The minimum absolute atomic E-state index is 0.267. The van der Waals surface area contributed by atoms with Crippen LogP contribution < -0.4 is 9.46 Å². The van der Waals surface area contributed by atoms with Gasteiger partial charge in [-0.2, -0.15) is 0 Å². The Balaban J connectivity index is 2.74. The third-order valence-electron chi connectivity index (χ3n) is 2.73. The summed E-state index contributed by atoms with van der Waals surface area (Å²) >= 11 is 0. The summed E-state index contributed by atoms with van der Waals surface area (Å²) in [5.41, 5.74) is 0.836. The lowest BCUT2D eigenvalue weighted by atomic mass is 10.2. The standard InChI is InChI=1S/C13H21NO3S/c1-4-5-6-9-17-13-8-7-12(10-11(13)2)18(15,16)14-3/h7-8,10,14H,4-6,9H2,1-3H3. The fourth-order valence-electron chi connectivity index (χ4n) is 1.60. The summed E-state index contributed by atoms with van der Waals surface area (Å²) < 4.78 is 31.1. The van der Waals surface area contributed by atoms with Crippen LogP contribution in [0.5, 0.6) is 5.75 Å². The lowest BCUT2D eigenvalue weighted by Crippen LogP contribution is -2.18. The molecule has 0 unspecified atom stereocenters. The molecule has 1 aromatic rings. The van der Waals surface area contributed by atoms with Gasteiger partial charge in [-0.15, -0.1) is 0 Å². The van der Waals surface area contributed by atoms with E-state index in [1.165, 1.54) is 7.05 Å². The van der Waals surface area contributed by atoms with E-state index in [2.05, 4.69) is 11.6 Å². The number of unbranched alkanes of at least 4 members (excludes halogenated alkanes) is 2. The Morgan fingerprint density at radius 2 is 2.00 bits per heavy atom. The maximum Gasteiger partial charge on any atom is 0.240 e. The zero-order valence-electron chi connectivity index (χ0n) is 11.2. The van der Waals surface area contributed by atoms with Crippen molar-refractivity contribution in [1.82, 2.24) is 4.72 Å². The van der Waals surface area contributed by atoms with Crippen LogP contribution >= 0.6 is 0 Å². The molecule has 1 rings (SSSR count). The fraction of sp³-hybridized carbons (Fsp3) is 0.538. The van der Waals surface area contributed by atoms with E-state index in [1.54, 1.807) is 18.2 Å². The average molecular weight is 271 g/mol. The van der Waals surface area contributed by atoms with E-state index in [1.807, 2.05) is 6.92 Å². The zero-order valence-corrected chi connectivity index (χ0v) is 12.0. The fourth-order valence-corrected chi connectivity index (χ4v) is 2.42. The molecule has 0 amide bonds. The maximum absolute atomic E-state index is 11.6. The second-order valence-corrected chi connectivity index (χ2v) is 6.08. The first-order valence-corrected chi connectivity index (χ1v) is 7.66. The van der Waals surface area contributed by atoms with Gasteiger partial charge < -0.3 is 4.74 Å². The normalized spacial score (nSPS) is 11.5. The van der Waals surface area contributed by atoms with E-state index >= 15 is 0 Å². The van der Waals surface area contributed by atoms with Gasteiger partial charge in [0.15, 0.2) is 0 Å². The van der Waals surface area contributed by atoms with Crippen molar-refractivity contribution in [2.45, 2.75) is 38.0 Å². The van der Waals surface area contributed by atoms with Gasteiger partial charge in [-0.3, -0.25) is 0 Å². The molecule has 0 spiro atoms. The molecule has 4 nitrogen and oxygen atoms in total. The minimum Gasteiger partial charge on any atom is -0.493 e. The van der Waals surface area contributed by atoms with Crippen molar-refractivity contribution in [1.29, 1.82) is 0 Å². The number of hydrogen-bond donors (Lipinski definition) is 1. The van der Waals surface area contributed by atoms with Gasteiger partial charge in [0.1, 0.15) is 5.75 Å². The van der Waals surface area contributed by atoms with E-state index in [0.717, 1.165) is 30.6 Å². The Bertz CT molecular complexity index is 483. The van der Waals surface area contributed by atoms with Crippen LogP contribution in [-0.2, 0) is 10.0 Å². The van der Waals surface area contributed by atoms with E-state index < -0.39 is 10.0 Å². The molecule has 0 aliphatic carbocycles. The molecule has 0 aliphatic rings. The monoisotopic (exact) mass is 271 g/mol. The number of sulfonamides is 1. The summed E-state index contributed by atoms with van der Waals surface area (Å²) in [7, 11) is -1.97. The van der Waals surface area contributed by atoms with Crippen molar-refractivity contribution in [3.63, 3.8) is 0 Å². The molecule has 102 valence electrons. The SMILES string of the molecule is CCCCCOc1ccc(S(=O)(=O)NC)cc1C. The molecule has 0 radical (unpaired) electrons. The Hall–Kier alpha value is -1.07. The molecular weight excluding hydrogens is 250 g/mol. The Labute approximate surface area is 109 Å². The predicted molar refractivity (Wildman–Crippen MR) is 72.4 cm³/mol. The summed E-state index contributed by atoms with van der Waals surface area (Å²) in [6, 6.07) is 4.90. The molecule has 0 fully saturated rings. The number of benzene rings is 1. The first kappa shape index (κ1) is 15.0. The van der Waals surface area contributed by atoms with Crippen molar-refractivity contribution in [2.24, 2.45) is 0 Å². The summed E-state index contributed by atoms with van der Waals surface area (Å²) in [4.78, 5) is 0.267. The van der Waals surface area contributed by atoms with Crippen molar-refractivity contribution in [3.05, 3.63) is 23.8 Å². The summed E-state index contributed by atoms with van der Waals surface area (Å²) in [6.45, 7) is 4.67. The van der Waals surface area contributed by atoms with Crippen LogP contribution in [0.4, 0.5) is 0 Å². The first-order valence-electron chi connectivity index (χ1n) is 6.18. The van der Waals surface area contributed by atoms with Crippen LogP contribution in [0.1, 0.15) is 31.7 Å². The highest BCUT2D eigenvalue weighted by atomic mass is 32.2. The molecule has 5 heteroatoms. The van der Waals surface area contributed by atoms with Gasteiger partial charge in [0.2, 0.25) is 10.0 Å². The van der Waals surface area contributed by atoms with Crippen molar-refractivity contribution in [3.8, 4) is 5.75 Å². The molecule has 0 saturated heterocycles. The van der Waals surface area contributed by atoms with Crippen LogP contribution in [0.25, 0.3) is 0 Å². The third kappa shape index (κ3) is 3.99. The van der Waals surface area contributed by atoms with E-state index in [4.69, 9.17) is 4.74 Å². The molecule has 1 aromatic carbocycles. The number of hydrogen-bond acceptors (Lipinski definition) is 3. The lowest BCUT2D eigenvalue weighted by Gasteiger charge is -2.10. The van der Waals surface area contributed by atoms with Crippen molar-refractivity contribution in [2.75, 3.05) is 13.7 Å². The highest BCUT2D eigenvalue weighted by Crippen LogP contribution is 2.21. The number of nitrogens with one attached hydrogen (secondary N) is 1. The third-order valence-corrected chi connectivity index (χ3v) is 4.14. The van der Waals surface area contributed by atoms with Gasteiger partial charge in [-0.05, 0) is 44.2 Å². The van der Waals surface area contributed by atoms with Crippen molar-refractivity contribution >= 4 is 10.0 Å². The predicted octanol–water partition coefficient (Wildman–Crippen LogP) is 2.47. The van der Waals surface area contributed by atoms with E-state index in [0.29, 0.717) is 6.61 Å². The molecule has 18 heavy (non-hydrogen) atoms. The molecule has 0 atom stereocenters.